The van der Waals surface area contributed by atoms with Crippen molar-refractivity contribution in [2.24, 2.45) is 0 Å². The van der Waals surface area contributed by atoms with Crippen LogP contribution in [-0.2, 0) is 6.42 Å². The van der Waals surface area contributed by atoms with Gasteiger partial charge < -0.3 is 4.74 Å². The van der Waals surface area contributed by atoms with E-state index in [1.54, 1.807) is 7.11 Å². The molecule has 0 saturated heterocycles. The van der Waals surface area contributed by atoms with Crippen molar-refractivity contribution in [2.45, 2.75) is 25.1 Å². The fraction of sp³-hybridized carbons (Fsp3) is 0.455. The molecule has 0 aliphatic carbocycles. The average molecular weight is 199 g/mol. The summed E-state index contributed by atoms with van der Waals surface area (Å²) in [6.45, 7) is 2.09. The molecule has 13 heavy (non-hydrogen) atoms. The van der Waals surface area contributed by atoms with Crippen LogP contribution in [0.2, 0.25) is 0 Å². The number of hydrogen-bond acceptors (Lipinski definition) is 1. The van der Waals surface area contributed by atoms with Gasteiger partial charge in [0.05, 0.1) is 7.11 Å². The molecule has 0 radical (unpaired) electrons. The van der Waals surface area contributed by atoms with E-state index in [9.17, 15) is 0 Å². The molecule has 1 rings (SSSR count). The molecule has 0 aliphatic heterocycles. The second kappa shape index (κ2) is 5.13. The first-order chi connectivity index (χ1) is 6.27. The molecule has 0 bridgehead atoms. The van der Waals surface area contributed by atoms with Crippen molar-refractivity contribution in [3.8, 4) is 5.75 Å². The Labute approximate surface area is 84.7 Å². The zero-order valence-corrected chi connectivity index (χ0v) is 8.84. The van der Waals surface area contributed by atoms with E-state index in [1.165, 1.54) is 5.56 Å². The smallest absolute Gasteiger partial charge is 0.122 e. The number of ether oxygens (including phenoxy) is 1. The molecule has 1 atom stereocenters. The van der Waals surface area contributed by atoms with Gasteiger partial charge in [-0.15, -0.1) is 11.6 Å². The molecule has 0 heterocycles. The van der Waals surface area contributed by atoms with Gasteiger partial charge in [0.1, 0.15) is 5.75 Å². The number of halogens is 1. The molecule has 0 N–H and O–H groups in total. The molecule has 1 aromatic carbocycles. The van der Waals surface area contributed by atoms with Crippen molar-refractivity contribution >= 4 is 11.6 Å². The minimum absolute atomic E-state index is 0.205. The summed E-state index contributed by atoms with van der Waals surface area (Å²) in [7, 11) is 1.69. The Morgan fingerprint density at radius 2 is 2.08 bits per heavy atom. The fourth-order valence-corrected chi connectivity index (χ4v) is 1.42. The summed E-state index contributed by atoms with van der Waals surface area (Å²) in [5.74, 6) is 0.932. The van der Waals surface area contributed by atoms with Gasteiger partial charge in [-0.3, -0.25) is 0 Å². The SMILES string of the molecule is CCC(Cl)Cc1ccccc1OC. The highest BCUT2D eigenvalue weighted by Crippen LogP contribution is 2.21. The van der Waals surface area contributed by atoms with Crippen LogP contribution in [0.4, 0.5) is 0 Å². The average Bonchev–Trinajstić information content (AvgIpc) is 2.18. The first-order valence-electron chi connectivity index (χ1n) is 4.54. The minimum atomic E-state index is 0.205. The van der Waals surface area contributed by atoms with Gasteiger partial charge in [-0.25, -0.2) is 0 Å². The Morgan fingerprint density at radius 1 is 1.38 bits per heavy atom. The van der Waals surface area contributed by atoms with Crippen molar-refractivity contribution in [2.75, 3.05) is 7.11 Å². The number of rotatable bonds is 4. The van der Waals surface area contributed by atoms with Crippen LogP contribution in [0.5, 0.6) is 5.75 Å². The van der Waals surface area contributed by atoms with Gasteiger partial charge in [-0.05, 0) is 24.5 Å². The summed E-state index contributed by atoms with van der Waals surface area (Å²) in [6.07, 6.45) is 1.86. The molecule has 72 valence electrons. The van der Waals surface area contributed by atoms with Gasteiger partial charge in [-0.1, -0.05) is 25.1 Å². The van der Waals surface area contributed by atoms with Gasteiger partial charge in [0.15, 0.2) is 0 Å². The molecule has 0 aromatic heterocycles. The lowest BCUT2D eigenvalue weighted by molar-refractivity contribution is 0.409. The van der Waals surface area contributed by atoms with Gasteiger partial charge in [0.2, 0.25) is 0 Å². The van der Waals surface area contributed by atoms with Crippen LogP contribution in [0.15, 0.2) is 24.3 Å². The summed E-state index contributed by atoms with van der Waals surface area (Å²) < 4.78 is 5.23. The van der Waals surface area contributed by atoms with Crippen LogP contribution in [0, 0.1) is 0 Å². The van der Waals surface area contributed by atoms with E-state index < -0.39 is 0 Å². The Kier molecular flexibility index (Phi) is 4.10. The van der Waals surface area contributed by atoms with E-state index in [0.29, 0.717) is 0 Å². The van der Waals surface area contributed by atoms with Gasteiger partial charge in [0, 0.05) is 5.38 Å². The number of para-hydroxylation sites is 1. The number of methoxy groups -OCH3 is 1. The minimum Gasteiger partial charge on any atom is -0.496 e. The van der Waals surface area contributed by atoms with E-state index in [1.807, 2.05) is 18.2 Å². The molecule has 0 amide bonds. The van der Waals surface area contributed by atoms with Crippen molar-refractivity contribution < 1.29 is 4.74 Å². The molecule has 0 saturated carbocycles. The number of alkyl halides is 1. The lowest BCUT2D eigenvalue weighted by Crippen LogP contribution is -2.02. The van der Waals surface area contributed by atoms with Crippen molar-refractivity contribution in [1.29, 1.82) is 0 Å². The molecule has 0 aliphatic rings. The van der Waals surface area contributed by atoms with E-state index in [-0.39, 0.29) is 5.38 Å². The topological polar surface area (TPSA) is 9.23 Å². The normalized spacial score (nSPS) is 12.5. The second-order valence-electron chi connectivity index (χ2n) is 3.02. The largest absolute Gasteiger partial charge is 0.496 e. The monoisotopic (exact) mass is 198 g/mol. The second-order valence-corrected chi connectivity index (χ2v) is 3.64. The van der Waals surface area contributed by atoms with Crippen LogP contribution in [-0.4, -0.2) is 12.5 Å². The lowest BCUT2D eigenvalue weighted by atomic mass is 10.1. The fourth-order valence-electron chi connectivity index (χ4n) is 1.25. The third-order valence-electron chi connectivity index (χ3n) is 2.08. The molecular weight excluding hydrogens is 184 g/mol. The Balaban J connectivity index is 2.74. The van der Waals surface area contributed by atoms with Crippen LogP contribution in [0.25, 0.3) is 0 Å². The van der Waals surface area contributed by atoms with E-state index >= 15 is 0 Å². The van der Waals surface area contributed by atoms with Crippen LogP contribution in [0.3, 0.4) is 0 Å². The predicted molar refractivity (Wildman–Crippen MR) is 56.6 cm³/mol. The van der Waals surface area contributed by atoms with E-state index in [2.05, 4.69) is 13.0 Å². The standard InChI is InChI=1S/C11H15ClO/c1-3-10(12)8-9-6-4-5-7-11(9)13-2/h4-7,10H,3,8H2,1-2H3. The third kappa shape index (κ3) is 2.92. The highest BCUT2D eigenvalue weighted by molar-refractivity contribution is 6.20. The Hall–Kier alpha value is -0.690. The number of benzene rings is 1. The maximum Gasteiger partial charge on any atom is 0.122 e. The zero-order chi connectivity index (χ0) is 9.68. The van der Waals surface area contributed by atoms with Crippen molar-refractivity contribution in [1.82, 2.24) is 0 Å². The van der Waals surface area contributed by atoms with Crippen molar-refractivity contribution in [3.63, 3.8) is 0 Å². The maximum atomic E-state index is 6.07. The highest BCUT2D eigenvalue weighted by Gasteiger charge is 2.06. The molecule has 0 spiro atoms. The van der Waals surface area contributed by atoms with E-state index in [4.69, 9.17) is 16.3 Å². The van der Waals surface area contributed by atoms with Gasteiger partial charge >= 0.3 is 0 Å². The first-order valence-corrected chi connectivity index (χ1v) is 4.97. The van der Waals surface area contributed by atoms with E-state index in [0.717, 1.165) is 18.6 Å². The zero-order valence-electron chi connectivity index (χ0n) is 8.09. The van der Waals surface area contributed by atoms with Crippen LogP contribution < -0.4 is 4.74 Å². The maximum absolute atomic E-state index is 6.07. The Bertz CT molecular complexity index is 260. The summed E-state index contributed by atoms with van der Waals surface area (Å²) in [4.78, 5) is 0. The molecular formula is C11H15ClO. The van der Waals surface area contributed by atoms with Gasteiger partial charge in [-0.2, -0.15) is 0 Å². The molecule has 0 fully saturated rings. The summed E-state index contributed by atoms with van der Waals surface area (Å²) in [5.41, 5.74) is 1.19. The summed E-state index contributed by atoms with van der Waals surface area (Å²) in [6, 6.07) is 8.01. The number of hydrogen-bond donors (Lipinski definition) is 0. The lowest BCUT2D eigenvalue weighted by Gasteiger charge is -2.10. The van der Waals surface area contributed by atoms with Crippen molar-refractivity contribution in [3.05, 3.63) is 29.8 Å². The quantitative estimate of drug-likeness (QED) is 0.675. The predicted octanol–water partition coefficient (Wildman–Crippen LogP) is 3.26. The van der Waals surface area contributed by atoms with Gasteiger partial charge in [0.25, 0.3) is 0 Å². The highest BCUT2D eigenvalue weighted by atomic mass is 35.5. The third-order valence-corrected chi connectivity index (χ3v) is 2.54. The van der Waals surface area contributed by atoms with Crippen LogP contribution in [0.1, 0.15) is 18.9 Å². The molecule has 1 aromatic rings. The van der Waals surface area contributed by atoms with Crippen LogP contribution >= 0.6 is 11.6 Å². The summed E-state index contributed by atoms with van der Waals surface area (Å²) >= 11 is 6.07. The first kappa shape index (κ1) is 10.4. The molecule has 1 unspecified atom stereocenters. The Morgan fingerprint density at radius 3 is 2.69 bits per heavy atom. The summed E-state index contributed by atoms with van der Waals surface area (Å²) in [5, 5.41) is 0.205. The molecule has 1 nitrogen and oxygen atoms in total. The molecule has 2 heteroatoms.